The second-order valence-electron chi connectivity index (χ2n) is 4.24. The zero-order chi connectivity index (χ0) is 12.4. The maximum absolute atomic E-state index is 13.1. The fourth-order valence-corrected chi connectivity index (χ4v) is 2.08. The highest BCUT2D eigenvalue weighted by molar-refractivity contribution is 6.00. The molecule has 2 nitrogen and oxygen atoms in total. The minimum absolute atomic E-state index is 0.210. The zero-order valence-electron chi connectivity index (χ0n) is 9.86. The van der Waals surface area contributed by atoms with Crippen molar-refractivity contribution in [2.45, 2.75) is 0 Å². The first kappa shape index (κ1) is 11.0. The summed E-state index contributed by atoms with van der Waals surface area (Å²) in [6, 6.07) is 14.6. The third-order valence-corrected chi connectivity index (χ3v) is 2.99. The largest absolute Gasteiger partial charge is 0.368 e. The monoisotopic (exact) mass is 240 g/mol. The average molecular weight is 240 g/mol. The minimum Gasteiger partial charge on any atom is -0.368 e. The van der Waals surface area contributed by atoms with Crippen LogP contribution in [0.15, 0.2) is 53.5 Å². The second-order valence-corrected chi connectivity index (χ2v) is 4.24. The number of hydrogen-bond acceptors (Lipinski definition) is 2. The molecule has 3 rings (SSSR count). The van der Waals surface area contributed by atoms with E-state index in [2.05, 4.69) is 10.3 Å². The summed E-state index contributed by atoms with van der Waals surface area (Å²) in [4.78, 5) is 4.37. The molecule has 1 heterocycles. The number of rotatable bonds is 2. The highest BCUT2D eigenvalue weighted by Gasteiger charge is 2.07. The van der Waals surface area contributed by atoms with Gasteiger partial charge in [0.2, 0.25) is 0 Å². The van der Waals surface area contributed by atoms with E-state index in [1.165, 1.54) is 6.07 Å². The lowest BCUT2D eigenvalue weighted by molar-refractivity contribution is 0.628. The molecule has 3 heteroatoms. The molecule has 90 valence electrons. The van der Waals surface area contributed by atoms with Gasteiger partial charge in [-0.15, -0.1) is 0 Å². The third-order valence-electron chi connectivity index (χ3n) is 2.99. The molecule has 0 unspecified atom stereocenters. The molecule has 0 bridgehead atoms. The number of amidine groups is 1. The Morgan fingerprint density at radius 2 is 1.72 bits per heavy atom. The average Bonchev–Trinajstić information content (AvgIpc) is 2.93. The maximum atomic E-state index is 13.1. The van der Waals surface area contributed by atoms with Gasteiger partial charge in [-0.05, 0) is 23.3 Å². The van der Waals surface area contributed by atoms with Crippen molar-refractivity contribution < 1.29 is 4.39 Å². The molecule has 0 fully saturated rings. The maximum Gasteiger partial charge on any atom is 0.128 e. The summed E-state index contributed by atoms with van der Waals surface area (Å²) in [5.41, 5.74) is 2.98. The van der Waals surface area contributed by atoms with E-state index in [0.29, 0.717) is 0 Å². The summed E-state index contributed by atoms with van der Waals surface area (Å²) in [5, 5.41) is 3.23. The van der Waals surface area contributed by atoms with Gasteiger partial charge in [-0.25, -0.2) is 4.39 Å². The normalized spacial score (nSPS) is 14.2. The van der Waals surface area contributed by atoms with Crippen LogP contribution in [-0.2, 0) is 0 Å². The molecule has 1 N–H and O–H groups in total. The van der Waals surface area contributed by atoms with Crippen LogP contribution in [0.4, 0.5) is 4.39 Å². The van der Waals surface area contributed by atoms with Crippen molar-refractivity contribution in [1.82, 2.24) is 5.32 Å². The molecule has 1 aliphatic rings. The van der Waals surface area contributed by atoms with Crippen LogP contribution in [-0.4, -0.2) is 18.9 Å². The first-order valence-electron chi connectivity index (χ1n) is 5.98. The van der Waals surface area contributed by atoms with Crippen molar-refractivity contribution in [1.29, 1.82) is 0 Å². The summed E-state index contributed by atoms with van der Waals surface area (Å²) in [5.74, 6) is 0.735. The second kappa shape index (κ2) is 4.61. The first-order chi connectivity index (χ1) is 8.83. The molecular weight excluding hydrogens is 227 g/mol. The molecular formula is C15H13FN2. The number of aliphatic imine (C=N–C) groups is 1. The van der Waals surface area contributed by atoms with Gasteiger partial charge in [0.15, 0.2) is 0 Å². The number of halogens is 1. The van der Waals surface area contributed by atoms with Crippen LogP contribution in [0, 0.1) is 5.82 Å². The van der Waals surface area contributed by atoms with E-state index in [0.717, 1.165) is 35.6 Å². The van der Waals surface area contributed by atoms with Gasteiger partial charge >= 0.3 is 0 Å². The van der Waals surface area contributed by atoms with Crippen molar-refractivity contribution in [3.8, 4) is 11.1 Å². The van der Waals surface area contributed by atoms with Crippen molar-refractivity contribution in [3.05, 3.63) is 59.9 Å². The molecule has 0 radical (unpaired) electrons. The van der Waals surface area contributed by atoms with E-state index in [-0.39, 0.29) is 5.82 Å². The van der Waals surface area contributed by atoms with Crippen molar-refractivity contribution in [2.75, 3.05) is 13.1 Å². The number of benzene rings is 2. The lowest BCUT2D eigenvalue weighted by Crippen LogP contribution is -2.19. The molecule has 0 atom stereocenters. The van der Waals surface area contributed by atoms with E-state index >= 15 is 0 Å². The molecule has 0 spiro atoms. The Morgan fingerprint density at radius 3 is 2.39 bits per heavy atom. The summed E-state index contributed by atoms with van der Waals surface area (Å²) >= 11 is 0. The van der Waals surface area contributed by atoms with Gasteiger partial charge in [-0.1, -0.05) is 36.4 Å². The molecule has 0 saturated carbocycles. The molecule has 0 saturated heterocycles. The molecule has 2 aromatic rings. The predicted molar refractivity (Wildman–Crippen MR) is 71.2 cm³/mol. The van der Waals surface area contributed by atoms with Crippen LogP contribution in [0.5, 0.6) is 0 Å². The van der Waals surface area contributed by atoms with E-state index in [1.807, 2.05) is 30.3 Å². The number of nitrogens with zero attached hydrogens (tertiary/aromatic N) is 1. The summed E-state index contributed by atoms with van der Waals surface area (Å²) in [6.07, 6.45) is 0. The molecule has 0 aliphatic carbocycles. The molecule has 18 heavy (non-hydrogen) atoms. The van der Waals surface area contributed by atoms with Crippen LogP contribution in [0.25, 0.3) is 11.1 Å². The predicted octanol–water partition coefficient (Wildman–Crippen LogP) is 2.84. The van der Waals surface area contributed by atoms with E-state index < -0.39 is 0 Å². The Labute approximate surface area is 105 Å². The van der Waals surface area contributed by atoms with E-state index in [9.17, 15) is 4.39 Å². The fourth-order valence-electron chi connectivity index (χ4n) is 2.08. The van der Waals surface area contributed by atoms with Crippen LogP contribution < -0.4 is 5.32 Å². The van der Waals surface area contributed by atoms with Gasteiger partial charge in [-0.2, -0.15) is 0 Å². The van der Waals surface area contributed by atoms with Crippen LogP contribution in [0.2, 0.25) is 0 Å². The molecule has 0 amide bonds. The SMILES string of the molecule is Fc1cccc(-c2ccc(C3=NCCN3)cc2)c1. The van der Waals surface area contributed by atoms with Gasteiger partial charge in [0.25, 0.3) is 0 Å². The smallest absolute Gasteiger partial charge is 0.128 e. The van der Waals surface area contributed by atoms with Gasteiger partial charge in [0.05, 0.1) is 6.54 Å². The van der Waals surface area contributed by atoms with E-state index in [1.54, 1.807) is 12.1 Å². The third kappa shape index (κ3) is 2.12. The first-order valence-corrected chi connectivity index (χ1v) is 5.98. The molecule has 0 aromatic heterocycles. The highest BCUT2D eigenvalue weighted by Crippen LogP contribution is 2.20. The summed E-state index contributed by atoms with van der Waals surface area (Å²) in [7, 11) is 0. The fraction of sp³-hybridized carbons (Fsp3) is 0.133. The molecule has 1 aliphatic heterocycles. The van der Waals surface area contributed by atoms with Crippen LogP contribution >= 0.6 is 0 Å². The van der Waals surface area contributed by atoms with Crippen LogP contribution in [0.1, 0.15) is 5.56 Å². The quantitative estimate of drug-likeness (QED) is 0.857. The zero-order valence-corrected chi connectivity index (χ0v) is 9.86. The Hall–Kier alpha value is -2.16. The Balaban J connectivity index is 1.91. The Bertz CT molecular complexity index is 588. The molecule has 2 aromatic carbocycles. The van der Waals surface area contributed by atoms with Crippen molar-refractivity contribution in [2.24, 2.45) is 4.99 Å². The van der Waals surface area contributed by atoms with Gasteiger partial charge < -0.3 is 5.32 Å². The van der Waals surface area contributed by atoms with Gasteiger partial charge in [0.1, 0.15) is 11.7 Å². The minimum atomic E-state index is -0.210. The number of hydrogen-bond donors (Lipinski definition) is 1. The standard InChI is InChI=1S/C15H13FN2/c16-14-3-1-2-13(10-14)11-4-6-12(7-5-11)15-17-8-9-18-15/h1-7,10H,8-9H2,(H,17,18). The number of nitrogens with one attached hydrogen (secondary N) is 1. The summed E-state index contributed by atoms with van der Waals surface area (Å²) < 4.78 is 13.1. The van der Waals surface area contributed by atoms with Gasteiger partial charge in [-0.3, -0.25) is 4.99 Å². The highest BCUT2D eigenvalue weighted by atomic mass is 19.1. The lowest BCUT2D eigenvalue weighted by atomic mass is 10.0. The lowest BCUT2D eigenvalue weighted by Gasteiger charge is -2.05. The van der Waals surface area contributed by atoms with Gasteiger partial charge in [0, 0.05) is 12.1 Å². The van der Waals surface area contributed by atoms with Crippen molar-refractivity contribution in [3.63, 3.8) is 0 Å². The topological polar surface area (TPSA) is 24.4 Å². The Kier molecular flexibility index (Phi) is 2.81. The van der Waals surface area contributed by atoms with Crippen molar-refractivity contribution >= 4 is 5.84 Å². The Morgan fingerprint density at radius 1 is 0.944 bits per heavy atom. The van der Waals surface area contributed by atoms with Crippen LogP contribution in [0.3, 0.4) is 0 Å². The van der Waals surface area contributed by atoms with E-state index in [4.69, 9.17) is 0 Å². The summed E-state index contributed by atoms with van der Waals surface area (Å²) in [6.45, 7) is 1.74.